The van der Waals surface area contributed by atoms with Crippen LogP contribution in [0.1, 0.15) is 13.8 Å². The van der Waals surface area contributed by atoms with E-state index in [1.165, 1.54) is 0 Å². The van der Waals surface area contributed by atoms with E-state index in [9.17, 15) is 0 Å². The molecule has 0 aromatic rings. The number of hydrogen-bond donors (Lipinski definition) is 1. The van der Waals surface area contributed by atoms with Gasteiger partial charge >= 0.3 is 0 Å². The first-order chi connectivity index (χ1) is 4.85. The highest BCUT2D eigenvalue weighted by molar-refractivity contribution is 4.47. The van der Waals surface area contributed by atoms with E-state index in [0.29, 0.717) is 0 Å². The Balaban J connectivity index is 0. The summed E-state index contributed by atoms with van der Waals surface area (Å²) in [6, 6.07) is 0. The predicted molar refractivity (Wildman–Crippen MR) is 46.1 cm³/mol. The van der Waals surface area contributed by atoms with E-state index < -0.39 is 0 Å². The lowest BCUT2D eigenvalue weighted by atomic mass is 10.5. The lowest BCUT2D eigenvalue weighted by Crippen LogP contribution is -2.25. The summed E-state index contributed by atoms with van der Waals surface area (Å²) in [7, 11) is 0. The third-order valence-corrected chi connectivity index (χ3v) is 1.31. The van der Waals surface area contributed by atoms with Crippen molar-refractivity contribution in [2.75, 3.05) is 26.2 Å². The Morgan fingerprint density at radius 3 is 1.70 bits per heavy atom. The summed E-state index contributed by atoms with van der Waals surface area (Å²) in [4.78, 5) is 2.18. The Hall–Kier alpha value is -0.340. The number of aliphatic hydroxyl groups excluding tert-OH is 1. The van der Waals surface area contributed by atoms with E-state index >= 15 is 0 Å². The molecule has 0 spiro atoms. The molecule has 0 aliphatic carbocycles. The van der Waals surface area contributed by atoms with Crippen LogP contribution in [0, 0.1) is 0 Å². The zero-order valence-corrected chi connectivity index (χ0v) is 7.14. The smallest absolute Gasteiger partial charge is 0.0558 e. The largest absolute Gasteiger partial charge is 0.395 e. The Kier molecular flexibility index (Phi) is 14.1. The molecule has 2 nitrogen and oxygen atoms in total. The molecule has 0 aliphatic heterocycles. The fourth-order valence-electron chi connectivity index (χ4n) is 0.681. The zero-order valence-electron chi connectivity index (χ0n) is 7.14. The number of aliphatic hydroxyl groups is 1. The van der Waals surface area contributed by atoms with Crippen molar-refractivity contribution in [3.63, 3.8) is 0 Å². The van der Waals surface area contributed by atoms with Crippen LogP contribution < -0.4 is 0 Å². The Bertz CT molecular complexity index is 53.2. The fourth-order valence-corrected chi connectivity index (χ4v) is 0.681. The number of nitrogens with zero attached hydrogens (tertiary/aromatic N) is 1. The summed E-state index contributed by atoms with van der Waals surface area (Å²) in [5.74, 6) is 0. The van der Waals surface area contributed by atoms with Crippen molar-refractivity contribution in [3.05, 3.63) is 13.2 Å². The van der Waals surface area contributed by atoms with E-state index in [0.717, 1.165) is 19.6 Å². The third-order valence-electron chi connectivity index (χ3n) is 1.31. The van der Waals surface area contributed by atoms with Gasteiger partial charge in [-0.1, -0.05) is 13.8 Å². The fraction of sp³-hybridized carbons (Fsp3) is 0.750. The average Bonchev–Trinajstić information content (AvgIpc) is 2.04. The minimum atomic E-state index is 0.279. The van der Waals surface area contributed by atoms with E-state index in [-0.39, 0.29) is 6.61 Å². The molecule has 0 atom stereocenters. The second-order valence-corrected chi connectivity index (χ2v) is 1.75. The minimum Gasteiger partial charge on any atom is -0.395 e. The summed E-state index contributed by atoms with van der Waals surface area (Å²) in [6.45, 7) is 13.4. The van der Waals surface area contributed by atoms with Gasteiger partial charge in [-0.25, -0.2) is 0 Å². The molecule has 0 aliphatic rings. The molecule has 0 saturated heterocycles. The summed E-state index contributed by atoms with van der Waals surface area (Å²) >= 11 is 0. The maximum absolute atomic E-state index is 8.46. The van der Waals surface area contributed by atoms with Crippen molar-refractivity contribution in [1.82, 2.24) is 4.90 Å². The molecule has 0 fully saturated rings. The van der Waals surface area contributed by atoms with Gasteiger partial charge in [-0.15, -0.1) is 13.2 Å². The minimum absolute atomic E-state index is 0.279. The Morgan fingerprint density at radius 2 is 1.60 bits per heavy atom. The molecule has 0 amide bonds. The first kappa shape index (κ1) is 12.3. The van der Waals surface area contributed by atoms with Crippen LogP contribution in [0.25, 0.3) is 0 Å². The van der Waals surface area contributed by atoms with Crippen molar-refractivity contribution < 1.29 is 5.11 Å². The first-order valence-electron chi connectivity index (χ1n) is 3.68. The van der Waals surface area contributed by atoms with Crippen LogP contribution in [0.2, 0.25) is 0 Å². The van der Waals surface area contributed by atoms with E-state index in [4.69, 9.17) is 5.11 Å². The molecule has 0 unspecified atom stereocenters. The molecular formula is C8H19NO. The van der Waals surface area contributed by atoms with Crippen LogP contribution in [-0.4, -0.2) is 36.2 Å². The van der Waals surface area contributed by atoms with Gasteiger partial charge in [0.1, 0.15) is 0 Å². The number of likely N-dealkylation sites (N-methyl/N-ethyl adjacent to an activating group) is 1. The summed E-state index contributed by atoms with van der Waals surface area (Å²) in [6.07, 6.45) is 0. The van der Waals surface area contributed by atoms with Gasteiger partial charge in [-0.05, 0) is 13.1 Å². The SMILES string of the molecule is C=C.CCN(CC)CCO. The van der Waals surface area contributed by atoms with Crippen LogP contribution in [0.15, 0.2) is 13.2 Å². The van der Waals surface area contributed by atoms with Crippen molar-refractivity contribution in [2.45, 2.75) is 13.8 Å². The molecule has 0 radical (unpaired) electrons. The lowest BCUT2D eigenvalue weighted by molar-refractivity contribution is 0.208. The molecule has 10 heavy (non-hydrogen) atoms. The second kappa shape index (κ2) is 11.5. The van der Waals surface area contributed by atoms with Crippen molar-refractivity contribution in [3.8, 4) is 0 Å². The molecule has 0 rings (SSSR count). The van der Waals surface area contributed by atoms with Gasteiger partial charge in [0.25, 0.3) is 0 Å². The predicted octanol–water partition coefficient (Wildman–Crippen LogP) is 1.12. The maximum Gasteiger partial charge on any atom is 0.0558 e. The summed E-state index contributed by atoms with van der Waals surface area (Å²) in [5, 5.41) is 8.46. The highest BCUT2D eigenvalue weighted by atomic mass is 16.3. The molecule has 62 valence electrons. The van der Waals surface area contributed by atoms with Crippen LogP contribution in [0.3, 0.4) is 0 Å². The van der Waals surface area contributed by atoms with E-state index in [1.54, 1.807) is 0 Å². The van der Waals surface area contributed by atoms with Crippen molar-refractivity contribution >= 4 is 0 Å². The van der Waals surface area contributed by atoms with Gasteiger partial charge in [0.15, 0.2) is 0 Å². The van der Waals surface area contributed by atoms with Gasteiger partial charge in [-0.2, -0.15) is 0 Å². The molecule has 0 saturated carbocycles. The Morgan fingerprint density at radius 1 is 1.20 bits per heavy atom. The van der Waals surface area contributed by atoms with Gasteiger partial charge in [-0.3, -0.25) is 0 Å². The Labute approximate surface area is 64.2 Å². The molecule has 1 N–H and O–H groups in total. The molecule has 0 heterocycles. The number of hydrogen-bond acceptors (Lipinski definition) is 2. The van der Waals surface area contributed by atoms with Gasteiger partial charge < -0.3 is 10.0 Å². The van der Waals surface area contributed by atoms with Gasteiger partial charge in [0.2, 0.25) is 0 Å². The quantitative estimate of drug-likeness (QED) is 0.599. The van der Waals surface area contributed by atoms with E-state index in [2.05, 4.69) is 31.9 Å². The van der Waals surface area contributed by atoms with Crippen LogP contribution in [0.5, 0.6) is 0 Å². The van der Waals surface area contributed by atoms with E-state index in [1.807, 2.05) is 0 Å². The van der Waals surface area contributed by atoms with Crippen LogP contribution in [-0.2, 0) is 0 Å². The second-order valence-electron chi connectivity index (χ2n) is 1.75. The highest BCUT2D eigenvalue weighted by Crippen LogP contribution is 1.82. The first-order valence-corrected chi connectivity index (χ1v) is 3.68. The van der Waals surface area contributed by atoms with Crippen molar-refractivity contribution in [2.24, 2.45) is 0 Å². The summed E-state index contributed by atoms with van der Waals surface area (Å²) in [5.41, 5.74) is 0. The number of rotatable bonds is 4. The molecule has 2 heteroatoms. The molecule has 0 aromatic heterocycles. The maximum atomic E-state index is 8.46. The van der Waals surface area contributed by atoms with Gasteiger partial charge in [0, 0.05) is 6.54 Å². The monoisotopic (exact) mass is 145 g/mol. The zero-order chi connectivity index (χ0) is 8.41. The van der Waals surface area contributed by atoms with Gasteiger partial charge in [0.05, 0.1) is 6.61 Å². The standard InChI is InChI=1S/C6H15NO.C2H4/c1-3-7(4-2)5-6-8;1-2/h8H,3-6H2,1-2H3;1-2H2. The molecular weight excluding hydrogens is 126 g/mol. The topological polar surface area (TPSA) is 23.5 Å². The highest BCUT2D eigenvalue weighted by Gasteiger charge is 1.93. The van der Waals surface area contributed by atoms with Crippen LogP contribution in [0.4, 0.5) is 0 Å². The normalized spacial score (nSPS) is 8.80. The van der Waals surface area contributed by atoms with Crippen molar-refractivity contribution in [1.29, 1.82) is 0 Å². The average molecular weight is 145 g/mol. The lowest BCUT2D eigenvalue weighted by Gasteiger charge is -2.15. The van der Waals surface area contributed by atoms with Crippen LogP contribution >= 0.6 is 0 Å². The molecule has 0 aromatic carbocycles. The molecule has 0 bridgehead atoms. The summed E-state index contributed by atoms with van der Waals surface area (Å²) < 4.78 is 0. The third kappa shape index (κ3) is 7.66.